The molecule has 0 unspecified atom stereocenters. The summed E-state index contributed by atoms with van der Waals surface area (Å²) in [4.78, 5) is 5.81. The topological polar surface area (TPSA) is 42.7 Å². The molecule has 1 N–H and O–H groups in total. The van der Waals surface area contributed by atoms with Crippen molar-refractivity contribution in [2.75, 3.05) is 6.54 Å². The van der Waals surface area contributed by atoms with Gasteiger partial charge in [-0.1, -0.05) is 0 Å². The monoisotopic (exact) mass is 250 g/mol. The van der Waals surface area contributed by atoms with Crippen LogP contribution < -0.4 is 5.32 Å². The van der Waals surface area contributed by atoms with E-state index in [0.717, 1.165) is 25.2 Å². The number of hydrogen-bond donors (Lipinski definition) is 1. The minimum Gasteiger partial charge on any atom is -0.310 e. The first-order valence-corrected chi connectivity index (χ1v) is 6.59. The van der Waals surface area contributed by atoms with E-state index in [4.69, 9.17) is 0 Å². The number of thiazole rings is 1. The summed E-state index contributed by atoms with van der Waals surface area (Å²) in [6.07, 6.45) is 2.84. The molecule has 0 amide bonds. The lowest BCUT2D eigenvalue weighted by atomic mass is 10.3. The van der Waals surface area contributed by atoms with Gasteiger partial charge in [0, 0.05) is 43.3 Å². The fraction of sp³-hybridized carbons (Fsp3) is 0.500. The van der Waals surface area contributed by atoms with Gasteiger partial charge < -0.3 is 5.32 Å². The Balaban J connectivity index is 1.75. The fourth-order valence-electron chi connectivity index (χ4n) is 1.67. The van der Waals surface area contributed by atoms with Gasteiger partial charge in [0.05, 0.1) is 5.69 Å². The van der Waals surface area contributed by atoms with Gasteiger partial charge in [-0.3, -0.25) is 4.68 Å². The van der Waals surface area contributed by atoms with Gasteiger partial charge in [-0.15, -0.1) is 11.3 Å². The number of nitrogens with zero attached hydrogens (tertiary/aromatic N) is 3. The molecule has 0 spiro atoms. The quantitative estimate of drug-likeness (QED) is 0.823. The molecule has 4 nitrogen and oxygen atoms in total. The van der Waals surface area contributed by atoms with Crippen molar-refractivity contribution in [2.24, 2.45) is 7.05 Å². The minimum absolute atomic E-state index is 0.858. The van der Waals surface area contributed by atoms with E-state index in [2.05, 4.69) is 35.3 Å². The van der Waals surface area contributed by atoms with Crippen molar-refractivity contribution in [1.29, 1.82) is 0 Å². The Labute approximate surface area is 106 Å². The smallest absolute Gasteiger partial charge is 0.107 e. The molecule has 0 aromatic carbocycles. The Morgan fingerprint density at radius 3 is 2.82 bits per heavy atom. The van der Waals surface area contributed by atoms with E-state index < -0.39 is 0 Å². The first-order valence-electron chi connectivity index (χ1n) is 5.77. The molecule has 0 bridgehead atoms. The SMILES string of the molecule is Cc1nc(CNCCc2ccnn2C)sc1C. The Hall–Kier alpha value is -1.20. The van der Waals surface area contributed by atoms with Crippen LogP contribution in [0.2, 0.25) is 0 Å². The minimum atomic E-state index is 0.858. The second-order valence-electron chi connectivity index (χ2n) is 4.12. The zero-order valence-electron chi connectivity index (χ0n) is 10.5. The van der Waals surface area contributed by atoms with Crippen LogP contribution in [0.1, 0.15) is 21.3 Å². The molecule has 17 heavy (non-hydrogen) atoms. The zero-order chi connectivity index (χ0) is 12.3. The summed E-state index contributed by atoms with van der Waals surface area (Å²) >= 11 is 1.77. The summed E-state index contributed by atoms with van der Waals surface area (Å²) < 4.78 is 1.92. The van der Waals surface area contributed by atoms with Gasteiger partial charge in [0.2, 0.25) is 0 Å². The lowest BCUT2D eigenvalue weighted by Crippen LogP contribution is -2.17. The van der Waals surface area contributed by atoms with Gasteiger partial charge in [0.15, 0.2) is 0 Å². The predicted octanol–water partition coefficient (Wildman–Crippen LogP) is 1.83. The highest BCUT2D eigenvalue weighted by Crippen LogP contribution is 2.15. The second-order valence-corrected chi connectivity index (χ2v) is 5.41. The van der Waals surface area contributed by atoms with Gasteiger partial charge in [-0.25, -0.2) is 4.98 Å². The molecule has 0 saturated carbocycles. The summed E-state index contributed by atoms with van der Waals surface area (Å²) in [6, 6.07) is 2.05. The van der Waals surface area contributed by atoms with E-state index in [1.165, 1.54) is 15.6 Å². The third kappa shape index (κ3) is 3.14. The van der Waals surface area contributed by atoms with Crippen LogP contribution in [0.15, 0.2) is 12.3 Å². The van der Waals surface area contributed by atoms with Gasteiger partial charge in [-0.2, -0.15) is 5.10 Å². The van der Waals surface area contributed by atoms with Crippen molar-refractivity contribution in [3.8, 4) is 0 Å². The van der Waals surface area contributed by atoms with Crippen molar-refractivity contribution >= 4 is 11.3 Å². The average Bonchev–Trinajstić information content (AvgIpc) is 2.82. The Morgan fingerprint density at radius 1 is 1.41 bits per heavy atom. The number of hydrogen-bond acceptors (Lipinski definition) is 4. The summed E-state index contributed by atoms with van der Waals surface area (Å²) in [5.41, 5.74) is 2.41. The van der Waals surface area contributed by atoms with E-state index in [1.54, 1.807) is 11.3 Å². The van der Waals surface area contributed by atoms with E-state index in [-0.39, 0.29) is 0 Å². The molecule has 2 aromatic heterocycles. The molecule has 0 saturated heterocycles. The van der Waals surface area contributed by atoms with E-state index >= 15 is 0 Å². The zero-order valence-corrected chi connectivity index (χ0v) is 11.3. The number of aromatic nitrogens is 3. The lowest BCUT2D eigenvalue weighted by molar-refractivity contribution is 0.641. The Bertz CT molecular complexity index is 467. The van der Waals surface area contributed by atoms with Crippen LogP contribution in [-0.4, -0.2) is 21.3 Å². The van der Waals surface area contributed by atoms with Gasteiger partial charge >= 0.3 is 0 Å². The number of rotatable bonds is 5. The highest BCUT2D eigenvalue weighted by atomic mass is 32.1. The fourth-order valence-corrected chi connectivity index (χ4v) is 2.58. The highest BCUT2D eigenvalue weighted by molar-refractivity contribution is 7.11. The predicted molar refractivity (Wildman–Crippen MR) is 70.2 cm³/mol. The van der Waals surface area contributed by atoms with Crippen molar-refractivity contribution < 1.29 is 0 Å². The van der Waals surface area contributed by atoms with Crippen molar-refractivity contribution in [2.45, 2.75) is 26.8 Å². The van der Waals surface area contributed by atoms with Crippen LogP contribution in [0, 0.1) is 13.8 Å². The molecule has 2 heterocycles. The van der Waals surface area contributed by atoms with Gasteiger partial charge in [0.25, 0.3) is 0 Å². The van der Waals surface area contributed by atoms with Crippen molar-refractivity contribution in [1.82, 2.24) is 20.1 Å². The summed E-state index contributed by atoms with van der Waals surface area (Å²) in [5.74, 6) is 0. The highest BCUT2D eigenvalue weighted by Gasteiger charge is 2.03. The molecule has 0 aliphatic rings. The van der Waals surface area contributed by atoms with Crippen molar-refractivity contribution in [3.05, 3.63) is 33.5 Å². The molecular formula is C12H18N4S. The Morgan fingerprint density at radius 2 is 2.24 bits per heavy atom. The molecule has 0 aliphatic heterocycles. The van der Waals surface area contributed by atoms with E-state index in [0.29, 0.717) is 0 Å². The first kappa shape index (κ1) is 12.3. The summed E-state index contributed by atoms with van der Waals surface area (Å²) in [5, 5.41) is 8.73. The summed E-state index contributed by atoms with van der Waals surface area (Å²) in [7, 11) is 1.98. The van der Waals surface area contributed by atoms with E-state index in [1.807, 2.05) is 17.9 Å². The molecule has 5 heteroatoms. The lowest BCUT2D eigenvalue weighted by Gasteiger charge is -2.03. The molecule has 0 fully saturated rings. The maximum atomic E-state index is 4.50. The maximum Gasteiger partial charge on any atom is 0.107 e. The van der Waals surface area contributed by atoms with Gasteiger partial charge in [0.1, 0.15) is 5.01 Å². The largest absolute Gasteiger partial charge is 0.310 e. The maximum absolute atomic E-state index is 4.50. The second kappa shape index (κ2) is 5.42. The van der Waals surface area contributed by atoms with Crippen LogP contribution in [0.4, 0.5) is 0 Å². The molecule has 2 rings (SSSR count). The van der Waals surface area contributed by atoms with Gasteiger partial charge in [-0.05, 0) is 19.9 Å². The number of aryl methyl sites for hydroxylation is 3. The van der Waals surface area contributed by atoms with Crippen molar-refractivity contribution in [3.63, 3.8) is 0 Å². The standard InChI is InChI=1S/C12H18N4S/c1-9-10(2)17-12(15-9)8-13-6-4-11-5-7-14-16(11)3/h5,7,13H,4,6,8H2,1-3H3. The molecule has 0 atom stereocenters. The number of nitrogens with one attached hydrogen (secondary N) is 1. The van der Waals surface area contributed by atoms with Crippen LogP contribution in [-0.2, 0) is 20.0 Å². The van der Waals surface area contributed by atoms with E-state index in [9.17, 15) is 0 Å². The Kier molecular flexibility index (Phi) is 3.91. The molecule has 2 aromatic rings. The average molecular weight is 250 g/mol. The molecular weight excluding hydrogens is 232 g/mol. The summed E-state index contributed by atoms with van der Waals surface area (Å²) in [6.45, 7) is 5.99. The molecule has 0 aliphatic carbocycles. The third-order valence-corrected chi connectivity index (χ3v) is 3.90. The van der Waals surface area contributed by atoms with Crippen LogP contribution in [0.3, 0.4) is 0 Å². The van der Waals surface area contributed by atoms with Crippen LogP contribution >= 0.6 is 11.3 Å². The molecule has 0 radical (unpaired) electrons. The molecule has 92 valence electrons. The normalized spacial score (nSPS) is 11.0. The van der Waals surface area contributed by atoms with Crippen LogP contribution in [0.25, 0.3) is 0 Å². The van der Waals surface area contributed by atoms with Crippen LogP contribution in [0.5, 0.6) is 0 Å². The first-order chi connectivity index (χ1) is 8.16. The third-order valence-electron chi connectivity index (χ3n) is 2.83.